The van der Waals surface area contributed by atoms with Crippen molar-refractivity contribution in [2.45, 2.75) is 20.0 Å². The molecule has 0 spiro atoms. The Morgan fingerprint density at radius 1 is 1.06 bits per heavy atom. The predicted octanol–water partition coefficient (Wildman–Crippen LogP) is 5.06. The normalized spacial score (nSPS) is 16.1. The molecule has 2 aliphatic heterocycles. The first-order valence-electron chi connectivity index (χ1n) is 11.0. The molecule has 0 radical (unpaired) electrons. The number of carbonyl (C=O) groups is 1. The number of carbonyl (C=O) groups excluding carboxylic acids is 1. The Bertz CT molecular complexity index is 1220. The quantitative estimate of drug-likeness (QED) is 0.496. The molecule has 0 unspecified atom stereocenters. The Labute approximate surface area is 193 Å². The van der Waals surface area contributed by atoms with E-state index in [1.807, 2.05) is 61.5 Å². The fourth-order valence-electron chi connectivity index (χ4n) is 4.16. The molecule has 0 N–H and O–H groups in total. The Hall–Kier alpha value is -3.77. The Balaban J connectivity index is 1.38. The van der Waals surface area contributed by atoms with Crippen LogP contribution in [0, 0.1) is 0 Å². The Morgan fingerprint density at radius 3 is 2.67 bits per heavy atom. The Morgan fingerprint density at radius 2 is 1.88 bits per heavy atom. The lowest BCUT2D eigenvalue weighted by molar-refractivity contribution is 0.0865. The van der Waals surface area contributed by atoms with E-state index in [0.29, 0.717) is 43.5 Å². The van der Waals surface area contributed by atoms with E-state index in [4.69, 9.17) is 18.9 Å². The van der Waals surface area contributed by atoms with Crippen molar-refractivity contribution in [3.8, 4) is 23.0 Å². The lowest BCUT2D eigenvalue weighted by Crippen LogP contribution is -2.31. The van der Waals surface area contributed by atoms with E-state index in [0.717, 1.165) is 33.9 Å². The number of rotatable bonds is 6. The third-order valence-corrected chi connectivity index (χ3v) is 5.76. The van der Waals surface area contributed by atoms with Crippen molar-refractivity contribution < 1.29 is 23.7 Å². The van der Waals surface area contributed by atoms with Gasteiger partial charge in [0.25, 0.3) is 0 Å². The number of Topliss-reactive ketones (excluding diaryl/α,β-unsaturated/α-hetero) is 1. The maximum Gasteiger partial charge on any atom is 0.231 e. The average Bonchev–Trinajstić information content (AvgIpc) is 3.16. The number of allylic oxidation sites excluding steroid dienone is 1. The van der Waals surface area contributed by atoms with Crippen LogP contribution < -0.4 is 18.9 Å². The lowest BCUT2D eigenvalue weighted by Gasteiger charge is -2.30. The number of hydrogen-bond donors (Lipinski definition) is 0. The second-order valence-electron chi connectivity index (χ2n) is 7.93. The van der Waals surface area contributed by atoms with Gasteiger partial charge in [-0.15, -0.1) is 0 Å². The molecule has 0 fully saturated rings. The maximum atomic E-state index is 13.0. The van der Waals surface area contributed by atoms with Gasteiger partial charge in [0.15, 0.2) is 5.76 Å². The number of para-hydroxylation sites is 1. The van der Waals surface area contributed by atoms with Crippen molar-refractivity contribution in [2.24, 2.45) is 0 Å². The SMILES string of the molecule is CCOc1ccc(/C=C2\Oc3c(ccc4c3CN(Cc3ccccc3OC)CO4)C2=O)cc1. The molecule has 168 valence electrons. The van der Waals surface area contributed by atoms with Crippen LogP contribution in [0.4, 0.5) is 0 Å². The van der Waals surface area contributed by atoms with Gasteiger partial charge in [-0.1, -0.05) is 30.3 Å². The van der Waals surface area contributed by atoms with Gasteiger partial charge in [0.1, 0.15) is 29.7 Å². The van der Waals surface area contributed by atoms with Crippen LogP contribution in [-0.2, 0) is 13.1 Å². The highest BCUT2D eigenvalue weighted by Gasteiger charge is 2.33. The van der Waals surface area contributed by atoms with E-state index in [9.17, 15) is 4.79 Å². The largest absolute Gasteiger partial charge is 0.496 e. The molecule has 0 saturated carbocycles. The number of fused-ring (bicyclic) bond motifs is 3. The van der Waals surface area contributed by atoms with Crippen molar-refractivity contribution in [3.63, 3.8) is 0 Å². The monoisotopic (exact) mass is 443 g/mol. The van der Waals surface area contributed by atoms with E-state index < -0.39 is 0 Å². The van der Waals surface area contributed by atoms with Gasteiger partial charge in [0.05, 0.1) is 24.8 Å². The maximum absolute atomic E-state index is 13.0. The molecular formula is C27H25NO5. The second-order valence-corrected chi connectivity index (χ2v) is 7.93. The van der Waals surface area contributed by atoms with Crippen LogP contribution in [0.5, 0.6) is 23.0 Å². The van der Waals surface area contributed by atoms with Gasteiger partial charge in [-0.3, -0.25) is 9.69 Å². The molecule has 33 heavy (non-hydrogen) atoms. The summed E-state index contributed by atoms with van der Waals surface area (Å²) in [5, 5.41) is 0. The molecule has 2 aliphatic rings. The Kier molecular flexibility index (Phi) is 5.75. The topological polar surface area (TPSA) is 57.2 Å². The summed E-state index contributed by atoms with van der Waals surface area (Å²) in [7, 11) is 1.67. The molecule has 0 saturated heterocycles. The molecule has 5 rings (SSSR count). The van der Waals surface area contributed by atoms with Crippen LogP contribution in [0.3, 0.4) is 0 Å². The molecule has 0 aromatic heterocycles. The third-order valence-electron chi connectivity index (χ3n) is 5.76. The van der Waals surface area contributed by atoms with Crippen molar-refractivity contribution in [3.05, 3.63) is 88.7 Å². The van der Waals surface area contributed by atoms with E-state index >= 15 is 0 Å². The molecule has 0 atom stereocenters. The summed E-state index contributed by atoms with van der Waals surface area (Å²) in [4.78, 5) is 15.2. The highest BCUT2D eigenvalue weighted by Crippen LogP contribution is 2.42. The average molecular weight is 443 g/mol. The highest BCUT2D eigenvalue weighted by atomic mass is 16.5. The van der Waals surface area contributed by atoms with Crippen LogP contribution in [-0.4, -0.2) is 31.1 Å². The zero-order valence-corrected chi connectivity index (χ0v) is 18.7. The van der Waals surface area contributed by atoms with E-state index in [1.54, 1.807) is 19.3 Å². The van der Waals surface area contributed by atoms with Crippen molar-refractivity contribution in [2.75, 3.05) is 20.4 Å². The minimum Gasteiger partial charge on any atom is -0.496 e. The van der Waals surface area contributed by atoms with Gasteiger partial charge >= 0.3 is 0 Å². The number of benzene rings is 3. The van der Waals surface area contributed by atoms with Crippen molar-refractivity contribution >= 4 is 11.9 Å². The predicted molar refractivity (Wildman–Crippen MR) is 125 cm³/mol. The van der Waals surface area contributed by atoms with Crippen molar-refractivity contribution in [1.82, 2.24) is 4.90 Å². The van der Waals surface area contributed by atoms with Gasteiger partial charge < -0.3 is 18.9 Å². The summed E-state index contributed by atoms with van der Waals surface area (Å²) in [6.45, 7) is 4.28. The number of ketones is 1. The van der Waals surface area contributed by atoms with Crippen LogP contribution in [0.15, 0.2) is 66.4 Å². The standard InChI is InChI=1S/C27H25NO5/c1-3-31-20-10-8-18(9-11-20)14-25-26(29)21-12-13-24-22(27(21)33-25)16-28(17-32-24)15-19-6-4-5-7-23(19)30-2/h4-14H,3,15-17H2,1-2H3/b25-14-. The van der Waals surface area contributed by atoms with Gasteiger partial charge in [-0.05, 0) is 48.9 Å². The molecule has 6 heteroatoms. The van der Waals surface area contributed by atoms with Crippen LogP contribution in [0.2, 0.25) is 0 Å². The van der Waals surface area contributed by atoms with Crippen LogP contribution >= 0.6 is 0 Å². The number of methoxy groups -OCH3 is 1. The summed E-state index contributed by atoms with van der Waals surface area (Å²) in [5.41, 5.74) is 3.40. The molecule has 0 aliphatic carbocycles. The minimum absolute atomic E-state index is 0.122. The zero-order valence-electron chi connectivity index (χ0n) is 18.7. The van der Waals surface area contributed by atoms with E-state index in [2.05, 4.69) is 4.90 Å². The molecule has 0 amide bonds. The van der Waals surface area contributed by atoms with Gasteiger partial charge in [-0.2, -0.15) is 0 Å². The molecule has 0 bridgehead atoms. The zero-order chi connectivity index (χ0) is 22.8. The summed E-state index contributed by atoms with van der Waals surface area (Å²) in [6.07, 6.45) is 1.76. The van der Waals surface area contributed by atoms with E-state index in [1.165, 1.54) is 0 Å². The summed E-state index contributed by atoms with van der Waals surface area (Å²) >= 11 is 0. The molecule has 2 heterocycles. The van der Waals surface area contributed by atoms with Crippen LogP contribution in [0.1, 0.15) is 34.0 Å². The molecule has 6 nitrogen and oxygen atoms in total. The fourth-order valence-corrected chi connectivity index (χ4v) is 4.16. The molecule has 3 aromatic carbocycles. The third kappa shape index (κ3) is 4.17. The second kappa shape index (κ2) is 9.00. The lowest BCUT2D eigenvalue weighted by atomic mass is 10.0. The first-order chi connectivity index (χ1) is 16.2. The first-order valence-corrected chi connectivity index (χ1v) is 11.0. The summed E-state index contributed by atoms with van der Waals surface area (Å²) in [6, 6.07) is 19.2. The first kappa shape index (κ1) is 21.1. The number of hydrogen-bond acceptors (Lipinski definition) is 6. The molecule has 3 aromatic rings. The molecular weight excluding hydrogens is 418 g/mol. The number of ether oxygens (including phenoxy) is 4. The van der Waals surface area contributed by atoms with Crippen LogP contribution in [0.25, 0.3) is 6.08 Å². The summed E-state index contributed by atoms with van der Waals surface area (Å²) < 4.78 is 23.1. The fraction of sp³-hybridized carbons (Fsp3) is 0.222. The van der Waals surface area contributed by atoms with Gasteiger partial charge in [0.2, 0.25) is 5.78 Å². The summed E-state index contributed by atoms with van der Waals surface area (Å²) in [5.74, 6) is 3.16. The number of nitrogens with zero attached hydrogens (tertiary/aromatic N) is 1. The van der Waals surface area contributed by atoms with Crippen molar-refractivity contribution in [1.29, 1.82) is 0 Å². The minimum atomic E-state index is -0.122. The van der Waals surface area contributed by atoms with Gasteiger partial charge in [0, 0.05) is 18.7 Å². The van der Waals surface area contributed by atoms with Gasteiger partial charge in [-0.25, -0.2) is 0 Å². The smallest absolute Gasteiger partial charge is 0.231 e. The highest BCUT2D eigenvalue weighted by molar-refractivity contribution is 6.15. The van der Waals surface area contributed by atoms with E-state index in [-0.39, 0.29) is 5.78 Å².